The zero-order valence-electron chi connectivity index (χ0n) is 13.6. The molecule has 0 atom stereocenters. The molecule has 5 heteroatoms. The van der Waals surface area contributed by atoms with E-state index in [2.05, 4.69) is 41.3 Å². The Balaban J connectivity index is 1.77. The fourth-order valence-electron chi connectivity index (χ4n) is 3.25. The van der Waals surface area contributed by atoms with Gasteiger partial charge in [0, 0.05) is 31.2 Å². The Bertz CT molecular complexity index is 806. The Morgan fingerprint density at radius 1 is 0.958 bits per heavy atom. The van der Waals surface area contributed by atoms with Crippen LogP contribution in [-0.4, -0.2) is 28.3 Å². The third kappa shape index (κ3) is 2.61. The third-order valence-electron chi connectivity index (χ3n) is 4.72. The maximum absolute atomic E-state index is 5.71. The van der Waals surface area contributed by atoms with Crippen molar-refractivity contribution in [3.63, 3.8) is 0 Å². The zero-order valence-corrected chi connectivity index (χ0v) is 13.6. The maximum atomic E-state index is 5.71. The molecule has 0 amide bonds. The van der Waals surface area contributed by atoms with Crippen LogP contribution in [0, 0.1) is 6.92 Å². The standard InChI is InChI=1S/C19H19N3O2/c1-14-2-4-16(5-3-14)19(8-12-23-13-9-19)18-21-17(22-24-18)15-6-10-20-11-7-15/h2-7,10-11H,8-9,12-13H2,1H3. The maximum Gasteiger partial charge on any atom is 0.237 e. The molecule has 3 aromatic rings. The van der Waals surface area contributed by atoms with E-state index in [4.69, 9.17) is 14.2 Å². The van der Waals surface area contributed by atoms with Gasteiger partial charge in [-0.2, -0.15) is 4.98 Å². The van der Waals surface area contributed by atoms with Crippen molar-refractivity contribution >= 4 is 0 Å². The first-order valence-corrected chi connectivity index (χ1v) is 8.17. The molecule has 1 aliphatic rings. The van der Waals surface area contributed by atoms with E-state index in [0.29, 0.717) is 24.9 Å². The Morgan fingerprint density at radius 2 is 1.67 bits per heavy atom. The van der Waals surface area contributed by atoms with Crippen molar-refractivity contribution in [3.05, 3.63) is 65.8 Å². The number of ether oxygens (including phenoxy) is 1. The van der Waals surface area contributed by atoms with Crippen LogP contribution in [0.15, 0.2) is 53.3 Å². The normalized spacial score (nSPS) is 16.9. The number of pyridine rings is 1. The summed E-state index contributed by atoms with van der Waals surface area (Å²) in [5.74, 6) is 1.27. The van der Waals surface area contributed by atoms with E-state index in [-0.39, 0.29) is 5.41 Å². The molecule has 2 aromatic heterocycles. The Hall–Kier alpha value is -2.53. The van der Waals surface area contributed by atoms with Crippen LogP contribution < -0.4 is 0 Å². The first-order valence-electron chi connectivity index (χ1n) is 8.17. The largest absolute Gasteiger partial charge is 0.381 e. The molecular formula is C19H19N3O2. The highest BCUT2D eigenvalue weighted by Crippen LogP contribution is 2.41. The quantitative estimate of drug-likeness (QED) is 0.738. The van der Waals surface area contributed by atoms with Crippen LogP contribution in [0.1, 0.15) is 29.9 Å². The molecule has 0 unspecified atom stereocenters. The van der Waals surface area contributed by atoms with Crippen LogP contribution in [-0.2, 0) is 10.2 Å². The van der Waals surface area contributed by atoms with Crippen LogP contribution in [0.5, 0.6) is 0 Å². The monoisotopic (exact) mass is 321 g/mol. The first-order chi connectivity index (χ1) is 11.8. The average Bonchev–Trinajstić information content (AvgIpc) is 3.14. The van der Waals surface area contributed by atoms with Crippen LogP contribution in [0.25, 0.3) is 11.4 Å². The molecule has 3 heterocycles. The lowest BCUT2D eigenvalue weighted by Gasteiger charge is -2.34. The average molecular weight is 321 g/mol. The minimum atomic E-state index is -0.274. The summed E-state index contributed by atoms with van der Waals surface area (Å²) < 4.78 is 11.3. The number of aromatic nitrogens is 3. The lowest BCUT2D eigenvalue weighted by atomic mass is 9.74. The minimum absolute atomic E-state index is 0.274. The van der Waals surface area contributed by atoms with E-state index in [9.17, 15) is 0 Å². The number of nitrogens with zero attached hydrogens (tertiary/aromatic N) is 3. The van der Waals surface area contributed by atoms with Crippen molar-refractivity contribution in [2.75, 3.05) is 13.2 Å². The topological polar surface area (TPSA) is 61.0 Å². The molecule has 0 saturated carbocycles. The summed E-state index contributed by atoms with van der Waals surface area (Å²) in [7, 11) is 0. The number of hydrogen-bond acceptors (Lipinski definition) is 5. The fourth-order valence-corrected chi connectivity index (χ4v) is 3.25. The van der Waals surface area contributed by atoms with Crippen LogP contribution in [0.4, 0.5) is 0 Å². The molecule has 1 aliphatic heterocycles. The second-order valence-electron chi connectivity index (χ2n) is 6.22. The Labute approximate surface area is 140 Å². The van der Waals surface area contributed by atoms with Gasteiger partial charge in [0.2, 0.25) is 11.7 Å². The van der Waals surface area contributed by atoms with E-state index in [1.165, 1.54) is 11.1 Å². The molecule has 1 saturated heterocycles. The summed E-state index contributed by atoms with van der Waals surface area (Å²) in [4.78, 5) is 8.75. The number of aryl methyl sites for hydroxylation is 1. The lowest BCUT2D eigenvalue weighted by Crippen LogP contribution is -2.35. The van der Waals surface area contributed by atoms with E-state index in [1.807, 2.05) is 12.1 Å². The predicted molar refractivity (Wildman–Crippen MR) is 89.5 cm³/mol. The molecule has 122 valence electrons. The van der Waals surface area contributed by atoms with Crippen molar-refractivity contribution < 1.29 is 9.26 Å². The molecule has 0 N–H and O–H groups in total. The van der Waals surface area contributed by atoms with Crippen molar-refractivity contribution in [1.82, 2.24) is 15.1 Å². The van der Waals surface area contributed by atoms with Crippen molar-refractivity contribution in [3.8, 4) is 11.4 Å². The molecule has 0 bridgehead atoms. The summed E-state index contributed by atoms with van der Waals surface area (Å²) in [5, 5.41) is 4.20. The first kappa shape index (κ1) is 15.0. The van der Waals surface area contributed by atoms with Gasteiger partial charge in [-0.3, -0.25) is 4.98 Å². The molecular weight excluding hydrogens is 302 g/mol. The molecule has 4 rings (SSSR count). The molecule has 24 heavy (non-hydrogen) atoms. The van der Waals surface area contributed by atoms with Gasteiger partial charge in [-0.1, -0.05) is 35.0 Å². The van der Waals surface area contributed by atoms with Gasteiger partial charge in [0.25, 0.3) is 0 Å². The predicted octanol–water partition coefficient (Wildman–Crippen LogP) is 3.54. The number of hydrogen-bond donors (Lipinski definition) is 0. The SMILES string of the molecule is Cc1ccc(C2(c3nc(-c4ccncc4)no3)CCOCC2)cc1. The molecule has 5 nitrogen and oxygen atoms in total. The fraction of sp³-hybridized carbons (Fsp3) is 0.316. The second-order valence-corrected chi connectivity index (χ2v) is 6.22. The van der Waals surface area contributed by atoms with Crippen LogP contribution in [0.3, 0.4) is 0 Å². The molecule has 1 aromatic carbocycles. The minimum Gasteiger partial charge on any atom is -0.381 e. The highest BCUT2D eigenvalue weighted by atomic mass is 16.5. The summed E-state index contributed by atoms with van der Waals surface area (Å²) in [6, 6.07) is 12.4. The van der Waals surface area contributed by atoms with Gasteiger partial charge in [-0.15, -0.1) is 0 Å². The Kier molecular flexibility index (Phi) is 3.86. The summed E-state index contributed by atoms with van der Waals surface area (Å²) in [6.45, 7) is 3.48. The smallest absolute Gasteiger partial charge is 0.237 e. The Morgan fingerprint density at radius 3 is 2.38 bits per heavy atom. The van der Waals surface area contributed by atoms with Gasteiger partial charge >= 0.3 is 0 Å². The summed E-state index contributed by atoms with van der Waals surface area (Å²) >= 11 is 0. The van der Waals surface area contributed by atoms with E-state index >= 15 is 0 Å². The van der Waals surface area contributed by atoms with E-state index < -0.39 is 0 Å². The van der Waals surface area contributed by atoms with Gasteiger partial charge in [0.1, 0.15) is 0 Å². The molecule has 0 radical (unpaired) electrons. The highest BCUT2D eigenvalue weighted by Gasteiger charge is 2.41. The third-order valence-corrected chi connectivity index (χ3v) is 4.72. The van der Waals surface area contributed by atoms with Gasteiger partial charge in [0.05, 0.1) is 5.41 Å². The van der Waals surface area contributed by atoms with Crippen LogP contribution in [0.2, 0.25) is 0 Å². The summed E-state index contributed by atoms with van der Waals surface area (Å²) in [5.41, 5.74) is 3.08. The van der Waals surface area contributed by atoms with Crippen molar-refractivity contribution in [2.45, 2.75) is 25.2 Å². The van der Waals surface area contributed by atoms with Gasteiger partial charge in [0.15, 0.2) is 0 Å². The van der Waals surface area contributed by atoms with E-state index in [1.54, 1.807) is 12.4 Å². The number of rotatable bonds is 3. The highest BCUT2D eigenvalue weighted by molar-refractivity contribution is 5.53. The molecule has 0 spiro atoms. The molecule has 0 aliphatic carbocycles. The van der Waals surface area contributed by atoms with Gasteiger partial charge in [-0.05, 0) is 37.5 Å². The second kappa shape index (κ2) is 6.17. The van der Waals surface area contributed by atoms with Crippen molar-refractivity contribution in [1.29, 1.82) is 0 Å². The number of benzene rings is 1. The molecule has 1 fully saturated rings. The van der Waals surface area contributed by atoms with Gasteiger partial charge < -0.3 is 9.26 Å². The van der Waals surface area contributed by atoms with Crippen LogP contribution >= 0.6 is 0 Å². The van der Waals surface area contributed by atoms with E-state index in [0.717, 1.165) is 18.4 Å². The van der Waals surface area contributed by atoms with Crippen molar-refractivity contribution in [2.24, 2.45) is 0 Å². The van der Waals surface area contributed by atoms with Gasteiger partial charge in [-0.25, -0.2) is 0 Å². The zero-order chi connectivity index (χ0) is 16.4. The summed E-state index contributed by atoms with van der Waals surface area (Å²) in [6.07, 6.45) is 5.15. The lowest BCUT2D eigenvalue weighted by molar-refractivity contribution is 0.0523.